The second kappa shape index (κ2) is 9.59. The molecule has 0 bridgehead atoms. The number of hydrogen-bond acceptors (Lipinski definition) is 6. The molecule has 1 aliphatic heterocycles. The first kappa shape index (κ1) is 22.0. The predicted molar refractivity (Wildman–Crippen MR) is 118 cm³/mol. The van der Waals surface area contributed by atoms with E-state index in [2.05, 4.69) is 0 Å². The van der Waals surface area contributed by atoms with Gasteiger partial charge in [-0.15, -0.1) is 0 Å². The Morgan fingerprint density at radius 2 is 1.22 bits per heavy atom. The third kappa shape index (κ3) is 4.49. The van der Waals surface area contributed by atoms with Crippen molar-refractivity contribution in [2.75, 3.05) is 0 Å². The first-order valence-corrected chi connectivity index (χ1v) is 11.7. The minimum Gasteiger partial charge on any atom is -0.387 e. The van der Waals surface area contributed by atoms with Crippen LogP contribution >= 0.6 is 0 Å². The molecule has 0 unspecified atom stereocenters. The van der Waals surface area contributed by atoms with Crippen molar-refractivity contribution >= 4 is 0 Å². The summed E-state index contributed by atoms with van der Waals surface area (Å²) >= 11 is 0. The van der Waals surface area contributed by atoms with Gasteiger partial charge in [0.1, 0.15) is 36.6 Å². The third-order valence-corrected chi connectivity index (χ3v) is 6.88. The molecule has 3 aliphatic rings. The quantitative estimate of drug-likeness (QED) is 0.718. The van der Waals surface area contributed by atoms with Crippen LogP contribution in [-0.2, 0) is 32.2 Å². The topological polar surface area (TPSA) is 77.4 Å². The van der Waals surface area contributed by atoms with Gasteiger partial charge in [-0.3, -0.25) is 0 Å². The summed E-state index contributed by atoms with van der Waals surface area (Å²) in [5.74, 6) is -0.697. The van der Waals surface area contributed by atoms with Gasteiger partial charge in [0.05, 0.1) is 13.2 Å². The summed E-state index contributed by atoms with van der Waals surface area (Å²) < 4.78 is 25.3. The molecule has 1 heterocycles. The van der Waals surface area contributed by atoms with Gasteiger partial charge in [-0.1, -0.05) is 67.1 Å². The van der Waals surface area contributed by atoms with Crippen molar-refractivity contribution in [3.05, 3.63) is 71.8 Å². The van der Waals surface area contributed by atoms with E-state index in [1.165, 1.54) is 0 Å². The first-order chi connectivity index (χ1) is 15.7. The summed E-state index contributed by atoms with van der Waals surface area (Å²) in [7, 11) is 0. The van der Waals surface area contributed by atoms with Gasteiger partial charge in [0.15, 0.2) is 5.79 Å². The van der Waals surface area contributed by atoms with Crippen molar-refractivity contribution in [2.24, 2.45) is 0 Å². The molecule has 0 amide bonds. The number of rotatable bonds is 6. The zero-order valence-corrected chi connectivity index (χ0v) is 18.2. The molecule has 0 aromatic heterocycles. The Balaban J connectivity index is 1.38. The van der Waals surface area contributed by atoms with E-state index >= 15 is 0 Å². The van der Waals surface area contributed by atoms with Crippen molar-refractivity contribution in [3.63, 3.8) is 0 Å². The van der Waals surface area contributed by atoms with Gasteiger partial charge in [0.2, 0.25) is 0 Å². The van der Waals surface area contributed by atoms with E-state index in [9.17, 15) is 10.2 Å². The second-order valence-corrected chi connectivity index (χ2v) is 9.14. The molecule has 2 aromatic rings. The molecule has 6 heteroatoms. The number of benzene rings is 2. The smallest absolute Gasteiger partial charge is 0.169 e. The number of ether oxygens (including phenoxy) is 4. The molecule has 2 saturated carbocycles. The average molecular weight is 441 g/mol. The molecule has 3 fully saturated rings. The van der Waals surface area contributed by atoms with Gasteiger partial charge >= 0.3 is 0 Å². The summed E-state index contributed by atoms with van der Waals surface area (Å²) in [6, 6.07) is 19.7. The molecular weight excluding hydrogens is 408 g/mol. The normalized spacial score (nSPS) is 33.8. The maximum atomic E-state index is 11.0. The van der Waals surface area contributed by atoms with E-state index in [1.807, 2.05) is 60.7 Å². The highest BCUT2D eigenvalue weighted by Crippen LogP contribution is 2.46. The Kier molecular flexibility index (Phi) is 6.60. The minimum absolute atomic E-state index is 0.309. The van der Waals surface area contributed by atoms with Crippen LogP contribution in [0.25, 0.3) is 0 Å². The lowest BCUT2D eigenvalue weighted by Crippen LogP contribution is -2.64. The Morgan fingerprint density at radius 1 is 0.688 bits per heavy atom. The molecular formula is C26H32O6. The molecule has 0 radical (unpaired) electrons. The Morgan fingerprint density at radius 3 is 1.81 bits per heavy atom. The number of aliphatic hydroxyl groups is 2. The monoisotopic (exact) mass is 440 g/mol. The number of aliphatic hydroxyl groups excluding tert-OH is 2. The maximum absolute atomic E-state index is 11.0. The fourth-order valence-electron chi connectivity index (χ4n) is 5.19. The van der Waals surface area contributed by atoms with Gasteiger partial charge in [-0.25, -0.2) is 0 Å². The van der Waals surface area contributed by atoms with Crippen LogP contribution in [0, 0.1) is 0 Å². The number of hydrogen-bond donors (Lipinski definition) is 2. The zero-order valence-electron chi connectivity index (χ0n) is 18.2. The van der Waals surface area contributed by atoms with Gasteiger partial charge in [-0.05, 0) is 24.0 Å². The Hall–Kier alpha value is -1.80. The van der Waals surface area contributed by atoms with Crippen molar-refractivity contribution in [3.8, 4) is 0 Å². The molecule has 6 nitrogen and oxygen atoms in total. The number of fused-ring (bicyclic) bond motifs is 1. The standard InChI is InChI=1S/C26H32O6/c27-20-21(28)23-25(32-26(31-23)14-8-3-9-15-26)24(30-17-19-12-6-2-7-13-19)22(20)29-16-18-10-4-1-5-11-18/h1-2,4-7,10-13,20-25,27-28H,3,8-9,14-17H2/t20-,21-,22+,23+,24-,25+/m1/s1. The van der Waals surface area contributed by atoms with Crippen LogP contribution in [0.15, 0.2) is 60.7 Å². The molecule has 2 aliphatic carbocycles. The zero-order chi connectivity index (χ0) is 22.0. The van der Waals surface area contributed by atoms with Crippen LogP contribution < -0.4 is 0 Å². The summed E-state index contributed by atoms with van der Waals surface area (Å²) in [6.45, 7) is 0.670. The molecule has 32 heavy (non-hydrogen) atoms. The third-order valence-electron chi connectivity index (χ3n) is 6.88. The molecule has 6 atom stereocenters. The minimum atomic E-state index is -1.14. The predicted octanol–water partition coefficient (Wildman–Crippen LogP) is 3.34. The maximum Gasteiger partial charge on any atom is 0.169 e. The largest absolute Gasteiger partial charge is 0.387 e. The van der Waals surface area contributed by atoms with Gasteiger partial charge in [0.25, 0.3) is 0 Å². The van der Waals surface area contributed by atoms with Gasteiger partial charge in [-0.2, -0.15) is 0 Å². The van der Waals surface area contributed by atoms with E-state index in [4.69, 9.17) is 18.9 Å². The van der Waals surface area contributed by atoms with E-state index in [-0.39, 0.29) is 0 Å². The summed E-state index contributed by atoms with van der Waals surface area (Å²) in [5, 5.41) is 22.0. The van der Waals surface area contributed by atoms with Crippen molar-refractivity contribution in [1.29, 1.82) is 0 Å². The lowest BCUT2D eigenvalue weighted by atomic mass is 9.84. The van der Waals surface area contributed by atoms with Gasteiger partial charge in [0, 0.05) is 12.8 Å². The van der Waals surface area contributed by atoms with E-state index in [0.29, 0.717) is 13.2 Å². The van der Waals surface area contributed by atoms with E-state index < -0.39 is 42.4 Å². The lowest BCUT2D eigenvalue weighted by Gasteiger charge is -2.43. The van der Waals surface area contributed by atoms with Crippen LogP contribution in [0.5, 0.6) is 0 Å². The Bertz CT molecular complexity index is 853. The molecule has 5 rings (SSSR count). The van der Waals surface area contributed by atoms with Crippen LogP contribution in [0.1, 0.15) is 43.2 Å². The van der Waals surface area contributed by atoms with Crippen LogP contribution in [0.3, 0.4) is 0 Å². The fourth-order valence-corrected chi connectivity index (χ4v) is 5.19. The fraction of sp³-hybridized carbons (Fsp3) is 0.538. The summed E-state index contributed by atoms with van der Waals surface area (Å²) in [4.78, 5) is 0. The lowest BCUT2D eigenvalue weighted by molar-refractivity contribution is -0.228. The van der Waals surface area contributed by atoms with Crippen molar-refractivity contribution in [1.82, 2.24) is 0 Å². The van der Waals surface area contributed by atoms with Gasteiger partial charge < -0.3 is 29.2 Å². The van der Waals surface area contributed by atoms with Crippen LogP contribution in [0.4, 0.5) is 0 Å². The summed E-state index contributed by atoms with van der Waals surface area (Å²) in [5.41, 5.74) is 2.02. The van der Waals surface area contributed by atoms with Crippen LogP contribution in [-0.4, -0.2) is 52.6 Å². The summed E-state index contributed by atoms with van der Waals surface area (Å²) in [6.07, 6.45) is 0.127. The van der Waals surface area contributed by atoms with Crippen molar-refractivity contribution < 1.29 is 29.2 Å². The highest BCUT2D eigenvalue weighted by atomic mass is 16.8. The molecule has 172 valence electrons. The second-order valence-electron chi connectivity index (χ2n) is 9.14. The molecule has 2 N–H and O–H groups in total. The van der Waals surface area contributed by atoms with Crippen LogP contribution in [0.2, 0.25) is 0 Å². The average Bonchev–Trinajstić information content (AvgIpc) is 3.20. The Labute approximate surface area is 189 Å². The SMILES string of the molecule is O[C@@H]1[C@@H](O)[C@H](OCc2ccccc2)[C@@H](OCc2ccccc2)[C@H]2OC3(CCCCC3)O[C@@H]12. The van der Waals surface area contributed by atoms with Crippen molar-refractivity contribution in [2.45, 2.75) is 87.7 Å². The highest BCUT2D eigenvalue weighted by molar-refractivity contribution is 5.15. The molecule has 2 aromatic carbocycles. The van der Waals surface area contributed by atoms with E-state index in [1.54, 1.807) is 0 Å². The molecule has 1 spiro atoms. The van der Waals surface area contributed by atoms with E-state index in [0.717, 1.165) is 43.2 Å². The highest BCUT2D eigenvalue weighted by Gasteiger charge is 2.60. The first-order valence-electron chi connectivity index (χ1n) is 11.7. The molecule has 1 saturated heterocycles.